The lowest BCUT2D eigenvalue weighted by atomic mass is 10.1. The van der Waals surface area contributed by atoms with Crippen LogP contribution in [0.4, 0.5) is 13.2 Å². The van der Waals surface area contributed by atoms with E-state index in [1.165, 1.54) is 25.3 Å². The van der Waals surface area contributed by atoms with Crippen molar-refractivity contribution < 1.29 is 27.4 Å². The van der Waals surface area contributed by atoms with Crippen LogP contribution in [0.1, 0.15) is 5.56 Å². The smallest absolute Gasteiger partial charge is 0.429 e. The lowest BCUT2D eigenvalue weighted by Crippen LogP contribution is -2.33. The standard InChI is InChI=1S/C17H12ClF3O3/c1-22-15-6-4-12(9-13(15)18)23-11-3-5-14-10(8-11)2-7-16(24-14)17(19,20)21/h2-9,16H,1H3/t16-/m0/s1. The number of alkyl halides is 3. The molecule has 1 heterocycles. The number of fused-ring (bicyclic) bond motifs is 1. The summed E-state index contributed by atoms with van der Waals surface area (Å²) in [5.41, 5.74) is 0.507. The molecule has 0 amide bonds. The molecule has 3 rings (SSSR count). The number of hydrogen-bond acceptors (Lipinski definition) is 3. The average molecular weight is 357 g/mol. The highest BCUT2D eigenvalue weighted by molar-refractivity contribution is 6.32. The van der Waals surface area contributed by atoms with Gasteiger partial charge in [0.15, 0.2) is 0 Å². The molecule has 24 heavy (non-hydrogen) atoms. The third-order valence-electron chi connectivity index (χ3n) is 3.37. The zero-order valence-electron chi connectivity index (χ0n) is 12.4. The van der Waals surface area contributed by atoms with Crippen molar-refractivity contribution in [2.24, 2.45) is 0 Å². The minimum Gasteiger partial charge on any atom is -0.495 e. The molecule has 1 aliphatic heterocycles. The van der Waals surface area contributed by atoms with Crippen molar-refractivity contribution in [2.45, 2.75) is 12.3 Å². The Morgan fingerprint density at radius 2 is 1.79 bits per heavy atom. The van der Waals surface area contributed by atoms with Crippen LogP contribution in [-0.2, 0) is 0 Å². The van der Waals surface area contributed by atoms with Crippen LogP contribution >= 0.6 is 11.6 Å². The van der Waals surface area contributed by atoms with Gasteiger partial charge in [-0.1, -0.05) is 17.7 Å². The lowest BCUT2D eigenvalue weighted by Gasteiger charge is -2.23. The molecule has 3 nitrogen and oxygen atoms in total. The molecule has 0 saturated carbocycles. The van der Waals surface area contributed by atoms with Gasteiger partial charge in [0.2, 0.25) is 6.10 Å². The minimum absolute atomic E-state index is 0.153. The molecule has 0 saturated heterocycles. The van der Waals surface area contributed by atoms with Gasteiger partial charge in [-0.05, 0) is 36.4 Å². The van der Waals surface area contributed by atoms with E-state index < -0.39 is 12.3 Å². The predicted molar refractivity (Wildman–Crippen MR) is 84.0 cm³/mol. The van der Waals surface area contributed by atoms with Crippen molar-refractivity contribution in [3.8, 4) is 23.0 Å². The summed E-state index contributed by atoms with van der Waals surface area (Å²) in [7, 11) is 1.51. The quantitative estimate of drug-likeness (QED) is 0.729. The molecule has 7 heteroatoms. The van der Waals surface area contributed by atoms with Crippen molar-refractivity contribution in [3.05, 3.63) is 53.1 Å². The van der Waals surface area contributed by atoms with E-state index in [0.29, 0.717) is 27.8 Å². The molecule has 2 aromatic carbocycles. The number of rotatable bonds is 3. The summed E-state index contributed by atoms with van der Waals surface area (Å²) in [5.74, 6) is 1.60. The van der Waals surface area contributed by atoms with Crippen molar-refractivity contribution in [1.29, 1.82) is 0 Å². The summed E-state index contributed by atoms with van der Waals surface area (Å²) in [5, 5.41) is 0.393. The summed E-state index contributed by atoms with van der Waals surface area (Å²) < 4.78 is 53.7. The summed E-state index contributed by atoms with van der Waals surface area (Å²) in [6.45, 7) is 0. The Bertz CT molecular complexity index is 787. The van der Waals surface area contributed by atoms with E-state index in [-0.39, 0.29) is 5.75 Å². The maximum Gasteiger partial charge on any atom is 0.429 e. The van der Waals surface area contributed by atoms with E-state index in [1.807, 2.05) is 0 Å². The van der Waals surface area contributed by atoms with Crippen molar-refractivity contribution in [3.63, 3.8) is 0 Å². The van der Waals surface area contributed by atoms with Gasteiger partial charge < -0.3 is 14.2 Å². The first-order valence-electron chi connectivity index (χ1n) is 6.94. The highest BCUT2D eigenvalue weighted by Crippen LogP contribution is 2.36. The lowest BCUT2D eigenvalue weighted by molar-refractivity contribution is -0.180. The van der Waals surface area contributed by atoms with E-state index in [1.54, 1.807) is 24.3 Å². The van der Waals surface area contributed by atoms with E-state index in [0.717, 1.165) is 6.08 Å². The molecular weight excluding hydrogens is 345 g/mol. The molecule has 0 aromatic heterocycles. The van der Waals surface area contributed by atoms with E-state index >= 15 is 0 Å². The number of ether oxygens (including phenoxy) is 3. The van der Waals surface area contributed by atoms with Crippen LogP contribution in [0.3, 0.4) is 0 Å². The second kappa shape index (κ2) is 6.28. The van der Waals surface area contributed by atoms with Crippen molar-refractivity contribution >= 4 is 17.7 Å². The van der Waals surface area contributed by atoms with Crippen molar-refractivity contribution in [2.75, 3.05) is 7.11 Å². The van der Waals surface area contributed by atoms with Crippen LogP contribution in [0, 0.1) is 0 Å². The fraction of sp³-hybridized carbons (Fsp3) is 0.176. The Morgan fingerprint density at radius 1 is 1.08 bits per heavy atom. The van der Waals surface area contributed by atoms with Gasteiger partial charge in [0, 0.05) is 11.6 Å². The van der Waals surface area contributed by atoms with Crippen molar-refractivity contribution in [1.82, 2.24) is 0 Å². The SMILES string of the molecule is COc1ccc(Oc2ccc3c(c2)C=C[C@@H](C(F)(F)F)O3)cc1Cl. The van der Waals surface area contributed by atoms with Crippen LogP contribution in [0.5, 0.6) is 23.0 Å². The van der Waals surface area contributed by atoms with Gasteiger partial charge in [-0.3, -0.25) is 0 Å². The maximum atomic E-state index is 12.7. The Hall–Kier alpha value is -2.34. The van der Waals surface area contributed by atoms with Gasteiger partial charge in [0.05, 0.1) is 12.1 Å². The summed E-state index contributed by atoms with van der Waals surface area (Å²) in [4.78, 5) is 0. The molecular formula is C17H12ClF3O3. The average Bonchev–Trinajstić information content (AvgIpc) is 2.53. The fourth-order valence-corrected chi connectivity index (χ4v) is 2.47. The highest BCUT2D eigenvalue weighted by atomic mass is 35.5. The topological polar surface area (TPSA) is 27.7 Å². The molecule has 126 valence electrons. The zero-order valence-corrected chi connectivity index (χ0v) is 13.2. The second-order valence-corrected chi connectivity index (χ2v) is 5.44. The predicted octanol–water partition coefficient (Wildman–Crippen LogP) is 5.48. The van der Waals surface area contributed by atoms with Gasteiger partial charge >= 0.3 is 6.18 Å². The van der Waals surface area contributed by atoms with Crippen LogP contribution in [0.15, 0.2) is 42.5 Å². The third kappa shape index (κ3) is 3.43. The monoisotopic (exact) mass is 356 g/mol. The number of methoxy groups -OCH3 is 1. The Labute approximate surface area is 141 Å². The van der Waals surface area contributed by atoms with Crippen LogP contribution in [-0.4, -0.2) is 19.4 Å². The number of benzene rings is 2. The zero-order chi connectivity index (χ0) is 17.3. The molecule has 0 unspecified atom stereocenters. The van der Waals surface area contributed by atoms with Gasteiger partial charge in [-0.15, -0.1) is 0 Å². The summed E-state index contributed by atoms with van der Waals surface area (Å²) in [6, 6.07) is 9.49. The molecule has 0 bridgehead atoms. The van der Waals surface area contributed by atoms with Gasteiger partial charge in [-0.2, -0.15) is 13.2 Å². The van der Waals surface area contributed by atoms with Gasteiger partial charge in [0.25, 0.3) is 0 Å². The van der Waals surface area contributed by atoms with E-state index in [4.69, 9.17) is 25.8 Å². The molecule has 1 atom stereocenters. The molecule has 0 aliphatic carbocycles. The van der Waals surface area contributed by atoms with Gasteiger partial charge in [0.1, 0.15) is 23.0 Å². The molecule has 0 radical (unpaired) electrons. The second-order valence-electron chi connectivity index (χ2n) is 5.04. The minimum atomic E-state index is -4.44. The molecule has 0 spiro atoms. The number of hydrogen-bond donors (Lipinski definition) is 0. The molecule has 0 fully saturated rings. The third-order valence-corrected chi connectivity index (χ3v) is 3.66. The normalized spacial score (nSPS) is 16.3. The van der Waals surface area contributed by atoms with Crippen LogP contribution in [0.25, 0.3) is 6.08 Å². The highest BCUT2D eigenvalue weighted by Gasteiger charge is 2.41. The summed E-state index contributed by atoms with van der Waals surface area (Å²) >= 11 is 6.03. The summed E-state index contributed by atoms with van der Waals surface area (Å²) in [6.07, 6.45) is -4.04. The largest absolute Gasteiger partial charge is 0.495 e. The van der Waals surface area contributed by atoms with Gasteiger partial charge in [-0.25, -0.2) is 0 Å². The fourth-order valence-electron chi connectivity index (χ4n) is 2.22. The first-order chi connectivity index (χ1) is 11.4. The van der Waals surface area contributed by atoms with Crippen LogP contribution < -0.4 is 14.2 Å². The number of halogens is 4. The molecule has 2 aromatic rings. The first kappa shape index (κ1) is 16.5. The molecule has 0 N–H and O–H groups in total. The van der Waals surface area contributed by atoms with Crippen LogP contribution in [0.2, 0.25) is 5.02 Å². The maximum absolute atomic E-state index is 12.7. The van der Waals surface area contributed by atoms with E-state index in [2.05, 4.69) is 0 Å². The Balaban J connectivity index is 1.80. The Kier molecular flexibility index (Phi) is 4.32. The first-order valence-corrected chi connectivity index (χ1v) is 7.31. The Morgan fingerprint density at radius 3 is 2.46 bits per heavy atom. The molecule has 1 aliphatic rings. The van der Waals surface area contributed by atoms with E-state index in [9.17, 15) is 13.2 Å².